The highest BCUT2D eigenvalue weighted by Gasteiger charge is 2.48. The first-order chi connectivity index (χ1) is 16.3. The second kappa shape index (κ2) is 11.8. The average Bonchev–Trinajstić information content (AvgIpc) is 2.77. The zero-order valence-electron chi connectivity index (χ0n) is 20.8. The van der Waals surface area contributed by atoms with Crippen LogP contribution in [0.1, 0.15) is 40.5 Å². The smallest absolute Gasteiger partial charge is 0.186 e. The highest BCUT2D eigenvalue weighted by atomic mass is 16.7. The number of allylic oxidation sites excluding steroid dienone is 1. The van der Waals surface area contributed by atoms with Crippen molar-refractivity contribution in [3.05, 3.63) is 12.2 Å². The fourth-order valence-electron chi connectivity index (χ4n) is 5.44. The van der Waals surface area contributed by atoms with Crippen LogP contribution in [0, 0.1) is 17.3 Å². The standard InChI is InChI=1S/C24H42O11/c1-11-7-13(8-24(3,4)14(11)6-5-12(2)25)34-23-21(31)19(29)18(28)16(35-23)10-33-22-20(30)17(27)15(26)9-32-22/h5-6,11-23,25-31H,7-10H2,1-4H3/b6-5+/t11-,12-,13+,14+,15-,16-,17-,18-,19+,20-,21-,22-,23+/m1/s1. The van der Waals surface area contributed by atoms with E-state index in [1.165, 1.54) is 0 Å². The third kappa shape index (κ3) is 6.79. The predicted molar refractivity (Wildman–Crippen MR) is 122 cm³/mol. The van der Waals surface area contributed by atoms with Gasteiger partial charge in [0.1, 0.15) is 42.7 Å². The molecule has 2 heterocycles. The molecule has 11 nitrogen and oxygen atoms in total. The van der Waals surface area contributed by atoms with Crippen molar-refractivity contribution in [2.24, 2.45) is 17.3 Å². The Morgan fingerprint density at radius 3 is 2.26 bits per heavy atom. The van der Waals surface area contributed by atoms with E-state index in [2.05, 4.69) is 20.8 Å². The normalized spacial score (nSPS) is 47.6. The van der Waals surface area contributed by atoms with Crippen LogP contribution in [0.4, 0.5) is 0 Å². The molecule has 3 fully saturated rings. The molecule has 0 bridgehead atoms. The molecule has 35 heavy (non-hydrogen) atoms. The Hall–Kier alpha value is -0.700. The van der Waals surface area contributed by atoms with Crippen LogP contribution in [0.5, 0.6) is 0 Å². The molecule has 3 aliphatic rings. The quantitative estimate of drug-likeness (QED) is 0.203. The number of aliphatic hydroxyl groups is 7. The lowest BCUT2D eigenvalue weighted by Gasteiger charge is -2.47. The van der Waals surface area contributed by atoms with Gasteiger partial charge in [0.15, 0.2) is 12.6 Å². The average molecular weight is 507 g/mol. The first-order valence-corrected chi connectivity index (χ1v) is 12.3. The Morgan fingerprint density at radius 1 is 0.971 bits per heavy atom. The summed E-state index contributed by atoms with van der Waals surface area (Å²) < 4.78 is 22.5. The summed E-state index contributed by atoms with van der Waals surface area (Å²) in [6.45, 7) is 7.47. The molecule has 2 saturated heterocycles. The maximum atomic E-state index is 10.5. The topological polar surface area (TPSA) is 179 Å². The summed E-state index contributed by atoms with van der Waals surface area (Å²) in [4.78, 5) is 0. The second-order valence-corrected chi connectivity index (χ2v) is 10.9. The van der Waals surface area contributed by atoms with Crippen molar-refractivity contribution in [3.63, 3.8) is 0 Å². The molecular formula is C24H42O11. The van der Waals surface area contributed by atoms with E-state index in [1.54, 1.807) is 13.0 Å². The van der Waals surface area contributed by atoms with E-state index in [0.29, 0.717) is 12.8 Å². The molecule has 0 unspecified atom stereocenters. The molecule has 13 atom stereocenters. The Kier molecular flexibility index (Phi) is 9.72. The SMILES string of the molecule is C[C@@H]1C[C@H](O[C@H]2O[C@H](CO[C@H]3OC[C@@H](O)[C@@H](O)[C@H]3O)[C@@H](O)[C@H](O)[C@H]2O)CC(C)(C)[C@H]1/C=C/[C@@H](C)O. The third-order valence-corrected chi connectivity index (χ3v) is 7.37. The molecule has 0 aromatic carbocycles. The first-order valence-electron chi connectivity index (χ1n) is 12.3. The lowest BCUT2D eigenvalue weighted by molar-refractivity contribution is -0.330. The molecule has 0 amide bonds. The number of rotatable bonds is 7. The van der Waals surface area contributed by atoms with E-state index in [0.717, 1.165) is 0 Å². The van der Waals surface area contributed by atoms with Crippen molar-refractivity contribution < 1.29 is 54.7 Å². The maximum absolute atomic E-state index is 10.5. The number of hydrogen-bond acceptors (Lipinski definition) is 11. The van der Waals surface area contributed by atoms with E-state index in [1.807, 2.05) is 6.08 Å². The summed E-state index contributed by atoms with van der Waals surface area (Å²) in [6, 6.07) is 0. The molecule has 11 heteroatoms. The van der Waals surface area contributed by atoms with Crippen molar-refractivity contribution in [2.45, 2.75) is 108 Å². The molecular weight excluding hydrogens is 464 g/mol. The third-order valence-electron chi connectivity index (χ3n) is 7.37. The lowest BCUT2D eigenvalue weighted by atomic mass is 9.63. The van der Waals surface area contributed by atoms with Gasteiger partial charge in [-0.05, 0) is 37.0 Å². The van der Waals surface area contributed by atoms with Crippen LogP contribution in [-0.4, -0.2) is 116 Å². The minimum atomic E-state index is -1.55. The van der Waals surface area contributed by atoms with Gasteiger partial charge in [0.2, 0.25) is 0 Å². The van der Waals surface area contributed by atoms with Gasteiger partial charge in [-0.3, -0.25) is 0 Å². The molecule has 204 valence electrons. The lowest BCUT2D eigenvalue weighted by Crippen LogP contribution is -2.61. The minimum Gasteiger partial charge on any atom is -0.389 e. The summed E-state index contributed by atoms with van der Waals surface area (Å²) >= 11 is 0. The molecule has 2 aliphatic heterocycles. The largest absolute Gasteiger partial charge is 0.389 e. The van der Waals surface area contributed by atoms with Crippen LogP contribution in [-0.2, 0) is 18.9 Å². The van der Waals surface area contributed by atoms with Crippen molar-refractivity contribution in [1.82, 2.24) is 0 Å². The monoisotopic (exact) mass is 506 g/mol. The second-order valence-electron chi connectivity index (χ2n) is 10.9. The molecule has 3 rings (SSSR count). The van der Waals surface area contributed by atoms with E-state index in [-0.39, 0.29) is 36.6 Å². The highest BCUT2D eigenvalue weighted by Crippen LogP contribution is 2.46. The van der Waals surface area contributed by atoms with E-state index < -0.39 is 61.4 Å². The zero-order chi connectivity index (χ0) is 26.1. The minimum absolute atomic E-state index is 0.159. The van der Waals surface area contributed by atoms with Crippen LogP contribution in [0.3, 0.4) is 0 Å². The van der Waals surface area contributed by atoms with Crippen molar-refractivity contribution in [1.29, 1.82) is 0 Å². The van der Waals surface area contributed by atoms with Gasteiger partial charge < -0.3 is 54.7 Å². The molecule has 0 radical (unpaired) electrons. The van der Waals surface area contributed by atoms with Gasteiger partial charge in [0, 0.05) is 0 Å². The van der Waals surface area contributed by atoms with Gasteiger partial charge in [-0.15, -0.1) is 0 Å². The molecule has 0 spiro atoms. The molecule has 0 aromatic heterocycles. The summed E-state index contributed by atoms with van der Waals surface area (Å²) in [5.41, 5.74) is -0.159. The maximum Gasteiger partial charge on any atom is 0.186 e. The van der Waals surface area contributed by atoms with Gasteiger partial charge in [0.05, 0.1) is 25.4 Å². The molecule has 1 saturated carbocycles. The summed E-state index contributed by atoms with van der Waals surface area (Å²) in [7, 11) is 0. The van der Waals surface area contributed by atoms with Crippen molar-refractivity contribution in [2.75, 3.05) is 13.2 Å². The van der Waals surface area contributed by atoms with Crippen LogP contribution in [0.15, 0.2) is 12.2 Å². The molecule has 7 N–H and O–H groups in total. The Labute approximate surface area is 205 Å². The van der Waals surface area contributed by atoms with Gasteiger partial charge in [0.25, 0.3) is 0 Å². The van der Waals surface area contributed by atoms with E-state index >= 15 is 0 Å². The fraction of sp³-hybridized carbons (Fsp3) is 0.917. The highest BCUT2D eigenvalue weighted by molar-refractivity contribution is 5.03. The number of aliphatic hydroxyl groups excluding tert-OH is 7. The van der Waals surface area contributed by atoms with Crippen LogP contribution >= 0.6 is 0 Å². The number of hydrogen-bond donors (Lipinski definition) is 7. The zero-order valence-corrected chi connectivity index (χ0v) is 20.8. The fourth-order valence-corrected chi connectivity index (χ4v) is 5.44. The van der Waals surface area contributed by atoms with Crippen LogP contribution in [0.25, 0.3) is 0 Å². The Morgan fingerprint density at radius 2 is 1.63 bits per heavy atom. The summed E-state index contributed by atoms with van der Waals surface area (Å²) in [5.74, 6) is 0.444. The summed E-state index contributed by atoms with van der Waals surface area (Å²) in [5, 5.41) is 70.3. The number of ether oxygens (including phenoxy) is 4. The van der Waals surface area contributed by atoms with E-state index in [9.17, 15) is 35.7 Å². The van der Waals surface area contributed by atoms with Crippen molar-refractivity contribution in [3.8, 4) is 0 Å². The van der Waals surface area contributed by atoms with Gasteiger partial charge in [-0.2, -0.15) is 0 Å². The Balaban J connectivity index is 1.61. The Bertz CT molecular complexity index is 701. The molecule has 1 aliphatic carbocycles. The van der Waals surface area contributed by atoms with Crippen LogP contribution < -0.4 is 0 Å². The first kappa shape index (κ1) is 28.9. The van der Waals surface area contributed by atoms with E-state index in [4.69, 9.17) is 18.9 Å². The van der Waals surface area contributed by atoms with Crippen molar-refractivity contribution >= 4 is 0 Å². The summed E-state index contributed by atoms with van der Waals surface area (Å²) in [6.07, 6.45) is -7.98. The van der Waals surface area contributed by atoms with Gasteiger partial charge in [-0.1, -0.05) is 32.9 Å². The van der Waals surface area contributed by atoms with Gasteiger partial charge in [-0.25, -0.2) is 0 Å². The van der Waals surface area contributed by atoms with Crippen LogP contribution in [0.2, 0.25) is 0 Å². The van der Waals surface area contributed by atoms with Gasteiger partial charge >= 0.3 is 0 Å². The predicted octanol–water partition coefficient (Wildman–Crippen LogP) is -1.36. The molecule has 0 aromatic rings.